The van der Waals surface area contributed by atoms with E-state index in [1.54, 1.807) is 0 Å². The van der Waals surface area contributed by atoms with E-state index in [1.165, 1.54) is 17.1 Å². The summed E-state index contributed by atoms with van der Waals surface area (Å²) in [6, 6.07) is 3.22. The molecular weight excluding hydrogens is 291 g/mol. The molecule has 2 saturated heterocycles. The first kappa shape index (κ1) is 15.0. The monoisotopic (exact) mass is 310 g/mol. The largest absolute Gasteiger partial charge is 0.506 e. The number of hydrazine groups is 2. The Morgan fingerprint density at radius 2 is 2.18 bits per heavy atom. The molecule has 3 rings (SSSR count). The molecule has 0 unspecified atom stereocenters. The van der Waals surface area contributed by atoms with Crippen molar-refractivity contribution in [3.05, 3.63) is 23.5 Å². The number of carbonyl (C=O) groups excluding carboxylic acids is 1. The van der Waals surface area contributed by atoms with Crippen LogP contribution in [0.1, 0.15) is 18.4 Å². The zero-order chi connectivity index (χ0) is 15.5. The van der Waals surface area contributed by atoms with Crippen LogP contribution in [-0.2, 0) is 16.1 Å². The third kappa shape index (κ3) is 3.29. The molecule has 0 spiro atoms. The fourth-order valence-electron chi connectivity index (χ4n) is 2.66. The molecule has 0 bridgehead atoms. The number of phenols is 1. The van der Waals surface area contributed by atoms with Crippen LogP contribution in [0, 0.1) is 5.82 Å². The maximum absolute atomic E-state index is 14.2. The number of hydrogen-bond donors (Lipinski definition) is 4. The summed E-state index contributed by atoms with van der Waals surface area (Å²) in [6.07, 6.45) is 1.86. The van der Waals surface area contributed by atoms with Gasteiger partial charge in [-0.15, -0.1) is 5.53 Å². The second kappa shape index (κ2) is 6.47. The highest BCUT2D eigenvalue weighted by Gasteiger charge is 2.25. The fourth-order valence-corrected chi connectivity index (χ4v) is 2.66. The second-order valence-electron chi connectivity index (χ2n) is 5.46. The minimum absolute atomic E-state index is 0.0341. The first-order valence-corrected chi connectivity index (χ1v) is 7.28. The Balaban J connectivity index is 1.67. The standard InChI is InChI=1S/C14H19FN4O3/c15-11-5-9(7-16-10-1-3-22-4-2-10)6-12(20)14(11)19-8-13(21)17-18-19/h5-6,10,16,18,20H,1-4,7-8H2,(H,17,21). The van der Waals surface area contributed by atoms with Crippen LogP contribution >= 0.6 is 0 Å². The second-order valence-corrected chi connectivity index (χ2v) is 5.46. The number of carbonyl (C=O) groups is 1. The predicted molar refractivity (Wildman–Crippen MR) is 77.4 cm³/mol. The summed E-state index contributed by atoms with van der Waals surface area (Å²) in [5.41, 5.74) is 5.47. The highest BCUT2D eigenvalue weighted by Crippen LogP contribution is 2.31. The van der Waals surface area contributed by atoms with E-state index in [-0.39, 0.29) is 23.9 Å². The van der Waals surface area contributed by atoms with Crippen molar-refractivity contribution in [3.63, 3.8) is 0 Å². The van der Waals surface area contributed by atoms with E-state index in [9.17, 15) is 14.3 Å². The third-order valence-electron chi connectivity index (χ3n) is 3.82. The first-order chi connectivity index (χ1) is 10.6. The smallest absolute Gasteiger partial charge is 0.256 e. The Morgan fingerprint density at radius 1 is 1.41 bits per heavy atom. The van der Waals surface area contributed by atoms with Crippen LogP contribution in [0.5, 0.6) is 5.75 Å². The van der Waals surface area contributed by atoms with E-state index in [4.69, 9.17) is 4.74 Å². The lowest BCUT2D eigenvalue weighted by Crippen LogP contribution is -2.37. The molecule has 120 valence electrons. The van der Waals surface area contributed by atoms with Gasteiger partial charge in [0.1, 0.15) is 18.0 Å². The number of hydrogen-bond acceptors (Lipinski definition) is 6. The van der Waals surface area contributed by atoms with E-state index in [2.05, 4.69) is 16.3 Å². The topological polar surface area (TPSA) is 85.9 Å². The van der Waals surface area contributed by atoms with Gasteiger partial charge in [-0.2, -0.15) is 0 Å². The zero-order valence-electron chi connectivity index (χ0n) is 12.1. The molecule has 8 heteroatoms. The molecule has 0 aliphatic carbocycles. The predicted octanol–water partition coefficient (Wildman–Crippen LogP) is 0.156. The van der Waals surface area contributed by atoms with Crippen LogP contribution in [-0.4, -0.2) is 36.8 Å². The molecule has 2 fully saturated rings. The van der Waals surface area contributed by atoms with Crippen LogP contribution in [0.4, 0.5) is 10.1 Å². The van der Waals surface area contributed by atoms with Crippen molar-refractivity contribution in [2.75, 3.05) is 24.8 Å². The van der Waals surface area contributed by atoms with Crippen LogP contribution in [0.15, 0.2) is 12.1 Å². The van der Waals surface area contributed by atoms with E-state index in [1.807, 2.05) is 0 Å². The fraction of sp³-hybridized carbons (Fsp3) is 0.500. The molecule has 0 aromatic heterocycles. The maximum Gasteiger partial charge on any atom is 0.256 e. The van der Waals surface area contributed by atoms with Gasteiger partial charge in [-0.3, -0.25) is 15.2 Å². The summed E-state index contributed by atoms with van der Waals surface area (Å²) in [6.45, 7) is 1.89. The Labute approximate surface area is 127 Å². The molecule has 4 N–H and O–H groups in total. The molecule has 0 atom stereocenters. The minimum atomic E-state index is -0.576. The summed E-state index contributed by atoms with van der Waals surface area (Å²) in [4.78, 5) is 11.2. The molecular formula is C14H19FN4O3. The van der Waals surface area contributed by atoms with Gasteiger partial charge in [-0.1, -0.05) is 0 Å². The molecule has 2 aliphatic heterocycles. The molecule has 1 aromatic rings. The van der Waals surface area contributed by atoms with Crippen LogP contribution in [0.3, 0.4) is 0 Å². The lowest BCUT2D eigenvalue weighted by Gasteiger charge is -2.23. The van der Waals surface area contributed by atoms with Crippen molar-refractivity contribution < 1.29 is 19.0 Å². The van der Waals surface area contributed by atoms with Crippen molar-refractivity contribution in [2.24, 2.45) is 0 Å². The van der Waals surface area contributed by atoms with Crippen LogP contribution < -0.4 is 21.3 Å². The molecule has 0 radical (unpaired) electrons. The molecule has 2 heterocycles. The van der Waals surface area contributed by atoms with Crippen LogP contribution in [0.2, 0.25) is 0 Å². The molecule has 7 nitrogen and oxygen atoms in total. The molecule has 1 aromatic carbocycles. The average Bonchev–Trinajstić information content (AvgIpc) is 2.92. The lowest BCUT2D eigenvalue weighted by atomic mass is 10.1. The van der Waals surface area contributed by atoms with Crippen molar-refractivity contribution >= 4 is 11.6 Å². The van der Waals surface area contributed by atoms with Gasteiger partial charge in [0.2, 0.25) is 0 Å². The van der Waals surface area contributed by atoms with Gasteiger partial charge in [0.25, 0.3) is 5.91 Å². The number of phenolic OH excluding ortho intramolecular Hbond substituents is 1. The number of aromatic hydroxyl groups is 1. The lowest BCUT2D eigenvalue weighted by molar-refractivity contribution is -0.118. The van der Waals surface area contributed by atoms with E-state index < -0.39 is 5.82 Å². The zero-order valence-corrected chi connectivity index (χ0v) is 12.1. The minimum Gasteiger partial charge on any atom is -0.506 e. The van der Waals surface area contributed by atoms with E-state index >= 15 is 0 Å². The van der Waals surface area contributed by atoms with Crippen molar-refractivity contribution in [1.29, 1.82) is 0 Å². The normalized spacial score (nSPS) is 19.5. The Bertz CT molecular complexity index is 540. The Kier molecular flexibility index (Phi) is 4.41. The van der Waals surface area contributed by atoms with Gasteiger partial charge >= 0.3 is 0 Å². The van der Waals surface area contributed by atoms with Gasteiger partial charge < -0.3 is 15.2 Å². The molecule has 22 heavy (non-hydrogen) atoms. The van der Waals surface area contributed by atoms with E-state index in [0.29, 0.717) is 18.2 Å². The molecule has 0 saturated carbocycles. The van der Waals surface area contributed by atoms with Crippen molar-refractivity contribution in [3.8, 4) is 5.75 Å². The number of halogens is 1. The summed E-state index contributed by atoms with van der Waals surface area (Å²) < 4.78 is 19.5. The Hall–Kier alpha value is -1.90. The van der Waals surface area contributed by atoms with Crippen LogP contribution in [0.25, 0.3) is 0 Å². The molecule has 2 aliphatic rings. The number of benzene rings is 1. The number of anilines is 1. The number of nitrogens with one attached hydrogen (secondary N) is 3. The number of ether oxygens (including phenoxy) is 1. The summed E-state index contributed by atoms with van der Waals surface area (Å²) in [7, 11) is 0. The van der Waals surface area contributed by atoms with Gasteiger partial charge in [0.15, 0.2) is 5.82 Å². The van der Waals surface area contributed by atoms with E-state index in [0.717, 1.165) is 26.1 Å². The highest BCUT2D eigenvalue weighted by molar-refractivity contribution is 5.84. The summed E-state index contributed by atoms with van der Waals surface area (Å²) in [5, 5.41) is 14.6. The van der Waals surface area contributed by atoms with Crippen molar-refractivity contribution in [2.45, 2.75) is 25.4 Å². The summed E-state index contributed by atoms with van der Waals surface area (Å²) >= 11 is 0. The Morgan fingerprint density at radius 3 is 2.82 bits per heavy atom. The van der Waals surface area contributed by atoms with Gasteiger partial charge in [0, 0.05) is 25.8 Å². The van der Waals surface area contributed by atoms with Gasteiger partial charge in [-0.25, -0.2) is 4.39 Å². The number of amides is 1. The van der Waals surface area contributed by atoms with Gasteiger partial charge in [0.05, 0.1) is 0 Å². The number of rotatable bonds is 4. The third-order valence-corrected chi connectivity index (χ3v) is 3.82. The number of nitrogens with zero attached hydrogens (tertiary/aromatic N) is 1. The average molecular weight is 310 g/mol. The SMILES string of the molecule is O=C1CN(c2c(O)cc(CNC3CCOCC3)cc2F)NN1. The highest BCUT2D eigenvalue weighted by atomic mass is 19.1. The molecule has 1 amide bonds. The maximum atomic E-state index is 14.2. The van der Waals surface area contributed by atoms with Crippen molar-refractivity contribution in [1.82, 2.24) is 16.3 Å². The quantitative estimate of drug-likeness (QED) is 0.634. The summed E-state index contributed by atoms with van der Waals surface area (Å²) in [5.74, 6) is -1.07. The van der Waals surface area contributed by atoms with Gasteiger partial charge in [-0.05, 0) is 30.5 Å². The first-order valence-electron chi connectivity index (χ1n) is 7.28.